The zero-order valence-corrected chi connectivity index (χ0v) is 13.7. The zero-order valence-electron chi connectivity index (χ0n) is 12.9. The number of hydrogen-bond donors (Lipinski definition) is 2. The molecule has 118 valence electrons. The highest BCUT2D eigenvalue weighted by atomic mass is 32.1. The van der Waals surface area contributed by atoms with Crippen molar-refractivity contribution >= 4 is 11.3 Å². The summed E-state index contributed by atoms with van der Waals surface area (Å²) in [5.41, 5.74) is 4.16. The van der Waals surface area contributed by atoms with Crippen LogP contribution in [0.5, 0.6) is 0 Å². The number of nitrogens with zero attached hydrogens (tertiary/aromatic N) is 1. The van der Waals surface area contributed by atoms with Crippen molar-refractivity contribution in [1.82, 2.24) is 10.4 Å². The summed E-state index contributed by atoms with van der Waals surface area (Å²) in [7, 11) is 0. The molecule has 0 bridgehead atoms. The van der Waals surface area contributed by atoms with Crippen molar-refractivity contribution in [1.29, 1.82) is 0 Å². The summed E-state index contributed by atoms with van der Waals surface area (Å²) in [6.07, 6.45) is 4.11. The first-order valence-electron chi connectivity index (χ1n) is 7.75. The minimum absolute atomic E-state index is 0.00387. The fraction of sp³-hybridized carbons (Fsp3) is 0.800. The maximum Gasteiger partial charge on any atom is 0.0900 e. The molecule has 1 aromatic rings. The van der Waals surface area contributed by atoms with E-state index >= 15 is 0 Å². The third-order valence-corrected chi connectivity index (χ3v) is 5.96. The fourth-order valence-corrected chi connectivity index (χ4v) is 4.79. The third-order valence-electron chi connectivity index (χ3n) is 4.81. The fourth-order valence-electron chi connectivity index (χ4n) is 3.70. The van der Waals surface area contributed by atoms with E-state index in [2.05, 4.69) is 24.3 Å². The van der Waals surface area contributed by atoms with Crippen LogP contribution >= 0.6 is 11.3 Å². The van der Waals surface area contributed by atoms with Gasteiger partial charge in [0.05, 0.1) is 22.3 Å². The second-order valence-electron chi connectivity index (χ2n) is 6.22. The molecule has 2 aliphatic rings. The molecule has 2 atom stereocenters. The summed E-state index contributed by atoms with van der Waals surface area (Å²) < 4.78 is 11.6. The molecule has 3 N–H and O–H groups in total. The lowest BCUT2D eigenvalue weighted by Gasteiger charge is -2.45. The monoisotopic (exact) mass is 311 g/mol. The van der Waals surface area contributed by atoms with Gasteiger partial charge in [-0.05, 0) is 45.4 Å². The van der Waals surface area contributed by atoms with E-state index in [1.54, 1.807) is 11.3 Å². The molecular formula is C15H25N3O2S. The van der Waals surface area contributed by atoms with Crippen molar-refractivity contribution in [2.24, 2.45) is 11.8 Å². The summed E-state index contributed by atoms with van der Waals surface area (Å²) in [6, 6.07) is 0.180. The van der Waals surface area contributed by atoms with Crippen LogP contribution in [-0.4, -0.2) is 30.4 Å². The van der Waals surface area contributed by atoms with Gasteiger partial charge in [-0.25, -0.2) is 4.98 Å². The van der Waals surface area contributed by atoms with E-state index in [-0.39, 0.29) is 11.6 Å². The summed E-state index contributed by atoms with van der Waals surface area (Å²) in [4.78, 5) is 5.83. The number of nitrogens with two attached hydrogens (primary N) is 1. The Morgan fingerprint density at radius 2 is 2.10 bits per heavy atom. The maximum atomic E-state index is 6.14. The Labute approximate surface area is 130 Å². The minimum Gasteiger partial charge on any atom is -0.381 e. The van der Waals surface area contributed by atoms with Crippen molar-refractivity contribution in [2.75, 3.05) is 19.8 Å². The van der Waals surface area contributed by atoms with Gasteiger partial charge < -0.3 is 9.47 Å². The molecule has 0 amide bonds. The largest absolute Gasteiger partial charge is 0.381 e. The van der Waals surface area contributed by atoms with Crippen LogP contribution < -0.4 is 11.3 Å². The van der Waals surface area contributed by atoms with Crippen LogP contribution in [0.1, 0.15) is 47.3 Å². The Kier molecular flexibility index (Phi) is 4.61. The molecule has 2 fully saturated rings. The number of aryl methyl sites for hydroxylation is 2. The number of rotatable bonds is 3. The molecule has 3 rings (SSSR count). The lowest BCUT2D eigenvalue weighted by Crippen LogP contribution is -2.47. The molecule has 1 spiro atoms. The number of thiazole rings is 1. The first-order chi connectivity index (χ1) is 10.1. The molecule has 21 heavy (non-hydrogen) atoms. The summed E-state index contributed by atoms with van der Waals surface area (Å²) in [5, 5.41) is 1.11. The van der Waals surface area contributed by atoms with Crippen molar-refractivity contribution < 1.29 is 9.47 Å². The highest BCUT2D eigenvalue weighted by molar-refractivity contribution is 7.11. The van der Waals surface area contributed by atoms with Crippen LogP contribution in [0.25, 0.3) is 0 Å². The Balaban J connectivity index is 1.78. The predicted molar refractivity (Wildman–Crippen MR) is 83.1 cm³/mol. The molecular weight excluding hydrogens is 286 g/mol. The van der Waals surface area contributed by atoms with Gasteiger partial charge in [-0.15, -0.1) is 11.3 Å². The van der Waals surface area contributed by atoms with Gasteiger partial charge in [0, 0.05) is 24.7 Å². The second kappa shape index (κ2) is 6.30. The summed E-state index contributed by atoms with van der Waals surface area (Å²) >= 11 is 1.76. The highest BCUT2D eigenvalue weighted by Crippen LogP contribution is 2.43. The Morgan fingerprint density at radius 1 is 1.33 bits per heavy atom. The number of ether oxygens (including phenoxy) is 2. The highest BCUT2D eigenvalue weighted by Gasteiger charge is 2.42. The molecule has 1 aromatic heterocycles. The van der Waals surface area contributed by atoms with Crippen LogP contribution in [0.3, 0.4) is 0 Å². The summed E-state index contributed by atoms with van der Waals surface area (Å²) in [6.45, 7) is 6.57. The molecule has 2 unspecified atom stereocenters. The molecule has 5 nitrogen and oxygen atoms in total. The van der Waals surface area contributed by atoms with Gasteiger partial charge in [0.15, 0.2) is 0 Å². The lowest BCUT2D eigenvalue weighted by molar-refractivity contribution is -0.150. The Bertz CT molecular complexity index is 480. The number of aromatic nitrogens is 1. The molecule has 0 radical (unpaired) electrons. The van der Waals surface area contributed by atoms with Crippen LogP contribution in [0.4, 0.5) is 0 Å². The van der Waals surface area contributed by atoms with Gasteiger partial charge in [0.2, 0.25) is 0 Å². The number of nitrogens with one attached hydrogen (secondary N) is 1. The van der Waals surface area contributed by atoms with Gasteiger partial charge in [0.25, 0.3) is 0 Å². The van der Waals surface area contributed by atoms with Gasteiger partial charge >= 0.3 is 0 Å². The van der Waals surface area contributed by atoms with Crippen molar-refractivity contribution in [2.45, 2.75) is 51.2 Å². The van der Waals surface area contributed by atoms with Crippen LogP contribution in [0, 0.1) is 19.8 Å². The maximum absolute atomic E-state index is 6.14. The average molecular weight is 311 g/mol. The van der Waals surface area contributed by atoms with E-state index in [9.17, 15) is 0 Å². The summed E-state index contributed by atoms with van der Waals surface area (Å²) in [5.74, 6) is 6.40. The molecule has 3 heterocycles. The van der Waals surface area contributed by atoms with Crippen LogP contribution in [0.2, 0.25) is 0 Å². The van der Waals surface area contributed by atoms with Gasteiger partial charge in [-0.2, -0.15) is 0 Å². The van der Waals surface area contributed by atoms with Gasteiger partial charge in [-0.3, -0.25) is 11.3 Å². The molecule has 6 heteroatoms. The van der Waals surface area contributed by atoms with Crippen LogP contribution in [-0.2, 0) is 9.47 Å². The Hall–Kier alpha value is -0.530. The topological polar surface area (TPSA) is 69.4 Å². The van der Waals surface area contributed by atoms with E-state index in [0.29, 0.717) is 5.92 Å². The van der Waals surface area contributed by atoms with Gasteiger partial charge in [-0.1, -0.05) is 0 Å². The minimum atomic E-state index is 0.00387. The van der Waals surface area contributed by atoms with E-state index in [1.807, 2.05) is 0 Å². The lowest BCUT2D eigenvalue weighted by atomic mass is 9.77. The SMILES string of the molecule is Cc1nc(C)c(C(NN)C2CCOC3(CCOCC3)C2)s1. The van der Waals surface area contributed by atoms with E-state index in [4.69, 9.17) is 15.3 Å². The smallest absolute Gasteiger partial charge is 0.0900 e. The molecule has 0 saturated carbocycles. The van der Waals surface area contributed by atoms with Gasteiger partial charge in [0.1, 0.15) is 0 Å². The first kappa shape index (κ1) is 15.4. The predicted octanol–water partition coefficient (Wildman–Crippen LogP) is 2.24. The zero-order chi connectivity index (χ0) is 14.9. The number of hydrazine groups is 1. The molecule has 0 aromatic carbocycles. The Morgan fingerprint density at radius 3 is 2.71 bits per heavy atom. The standard InChI is InChI=1S/C15H25N3O2S/c1-10-14(21-11(2)17-10)13(18-16)12-3-6-20-15(9-12)4-7-19-8-5-15/h12-13,18H,3-9,16H2,1-2H3. The normalized spacial score (nSPS) is 26.9. The van der Waals surface area contributed by atoms with E-state index in [1.165, 1.54) is 4.88 Å². The number of hydrogen-bond acceptors (Lipinski definition) is 6. The van der Waals surface area contributed by atoms with Crippen LogP contribution in [0.15, 0.2) is 0 Å². The van der Waals surface area contributed by atoms with E-state index < -0.39 is 0 Å². The molecule has 2 saturated heterocycles. The third kappa shape index (κ3) is 3.14. The average Bonchev–Trinajstić information content (AvgIpc) is 2.80. The molecule has 2 aliphatic heterocycles. The van der Waals surface area contributed by atoms with Crippen molar-refractivity contribution in [3.63, 3.8) is 0 Å². The molecule has 0 aliphatic carbocycles. The van der Waals surface area contributed by atoms with Crippen molar-refractivity contribution in [3.8, 4) is 0 Å². The van der Waals surface area contributed by atoms with Crippen molar-refractivity contribution in [3.05, 3.63) is 15.6 Å². The second-order valence-corrected chi connectivity index (χ2v) is 7.46. The van der Waals surface area contributed by atoms with E-state index in [0.717, 1.165) is 56.2 Å². The quantitative estimate of drug-likeness (QED) is 0.662. The first-order valence-corrected chi connectivity index (χ1v) is 8.57.